The molecule has 0 radical (unpaired) electrons. The fourth-order valence-electron chi connectivity index (χ4n) is 4.76. The van der Waals surface area contributed by atoms with E-state index in [4.69, 9.17) is 0 Å². The second-order valence-corrected chi connectivity index (χ2v) is 13.3. The Kier molecular flexibility index (Phi) is 5.54. The van der Waals surface area contributed by atoms with E-state index in [1.54, 1.807) is 36.4 Å². The Hall–Kier alpha value is -3.75. The molecular formula is C24H15N6O6P3. The van der Waals surface area contributed by atoms with E-state index in [-0.39, 0.29) is 33.4 Å². The van der Waals surface area contributed by atoms with Crippen LogP contribution in [0.5, 0.6) is 0 Å². The average Bonchev–Trinajstić information content (AvgIpc) is 3.48. The third-order valence-corrected chi connectivity index (χ3v) is 11.7. The Bertz CT molecular complexity index is 1490. The molecule has 7 rings (SSSR count). The molecule has 4 aliphatic rings. The minimum atomic E-state index is -2.43. The van der Waals surface area contributed by atoms with Gasteiger partial charge in [-0.05, 0) is 36.4 Å². The van der Waals surface area contributed by atoms with E-state index in [1.807, 2.05) is 0 Å². The first-order valence-corrected chi connectivity index (χ1v) is 14.6. The van der Waals surface area contributed by atoms with Crippen LogP contribution in [0.2, 0.25) is 0 Å². The minimum Gasteiger partial charge on any atom is -0.268 e. The van der Waals surface area contributed by atoms with Crippen molar-refractivity contribution in [3.8, 4) is 0 Å². The smallest absolute Gasteiger partial charge is 0.268 e. The molecule has 39 heavy (non-hydrogen) atoms. The molecule has 0 spiro atoms. The summed E-state index contributed by atoms with van der Waals surface area (Å²) in [7, 11) is -3.27. The summed E-state index contributed by atoms with van der Waals surface area (Å²) < 4.78 is 3.54. The van der Waals surface area contributed by atoms with Crippen molar-refractivity contribution in [3.05, 3.63) is 106 Å². The van der Waals surface area contributed by atoms with Gasteiger partial charge in [0.1, 0.15) is 0 Å². The van der Waals surface area contributed by atoms with Crippen molar-refractivity contribution < 1.29 is 28.8 Å². The Morgan fingerprint density at radius 1 is 0.462 bits per heavy atom. The highest BCUT2D eigenvalue weighted by Gasteiger charge is 2.56. The molecule has 6 amide bonds. The lowest BCUT2D eigenvalue weighted by Gasteiger charge is -2.48. The minimum absolute atomic E-state index is 0.153. The van der Waals surface area contributed by atoms with Crippen LogP contribution < -0.4 is 4.86 Å². The molecule has 1 fully saturated rings. The summed E-state index contributed by atoms with van der Waals surface area (Å²) in [6.07, 6.45) is 0. The van der Waals surface area contributed by atoms with Crippen LogP contribution in [0.1, 0.15) is 62.1 Å². The van der Waals surface area contributed by atoms with Gasteiger partial charge in [-0.2, -0.15) is 10.0 Å². The molecular weight excluding hydrogens is 561 g/mol. The number of amides is 6. The Morgan fingerprint density at radius 2 is 0.744 bits per heavy atom. The number of fused-ring (bicyclic) bond motifs is 3. The maximum atomic E-state index is 13.7. The SMILES string of the molecule is O=C1c2ccccc2C(=O)N1N1PNPN(N2C(=O)c3ccccc3C2=O)P1N1C(=O)c2ccccc2C1=O. The van der Waals surface area contributed by atoms with Crippen LogP contribution >= 0.6 is 26.1 Å². The van der Waals surface area contributed by atoms with Gasteiger partial charge in [0.2, 0.25) is 8.37 Å². The maximum Gasteiger partial charge on any atom is 0.277 e. The van der Waals surface area contributed by atoms with Crippen molar-refractivity contribution in [1.29, 1.82) is 0 Å². The fourth-order valence-corrected chi connectivity index (χ4v) is 10.9. The summed E-state index contributed by atoms with van der Waals surface area (Å²) in [5.74, 6) is -3.85. The number of nitrogens with one attached hydrogen (secondary N) is 1. The number of imide groups is 3. The zero-order chi connectivity index (χ0) is 27.0. The van der Waals surface area contributed by atoms with Gasteiger partial charge in [0.25, 0.3) is 35.4 Å². The van der Waals surface area contributed by atoms with Crippen molar-refractivity contribution in [1.82, 2.24) is 28.6 Å². The molecule has 0 saturated carbocycles. The molecule has 1 saturated heterocycles. The zero-order valence-electron chi connectivity index (χ0n) is 19.6. The van der Waals surface area contributed by atoms with Crippen LogP contribution in [0.4, 0.5) is 0 Å². The van der Waals surface area contributed by atoms with Gasteiger partial charge in [-0.15, -0.1) is 9.10 Å². The van der Waals surface area contributed by atoms with Crippen LogP contribution in [0.25, 0.3) is 0 Å². The van der Waals surface area contributed by atoms with E-state index in [0.29, 0.717) is 0 Å². The van der Waals surface area contributed by atoms with Crippen molar-refractivity contribution >= 4 is 61.6 Å². The van der Waals surface area contributed by atoms with Crippen LogP contribution in [0.15, 0.2) is 72.8 Å². The van der Waals surface area contributed by atoms with Gasteiger partial charge in [0, 0.05) is 0 Å². The maximum absolute atomic E-state index is 13.7. The molecule has 0 bridgehead atoms. The highest BCUT2D eigenvalue weighted by molar-refractivity contribution is 7.72. The lowest BCUT2D eigenvalue weighted by molar-refractivity contribution is 0.0409. The van der Waals surface area contributed by atoms with E-state index < -0.39 is 61.6 Å². The fraction of sp³-hybridized carbons (Fsp3) is 0. The van der Waals surface area contributed by atoms with E-state index in [1.165, 1.54) is 45.5 Å². The van der Waals surface area contributed by atoms with E-state index in [9.17, 15) is 28.8 Å². The van der Waals surface area contributed by atoms with Gasteiger partial charge < -0.3 is 0 Å². The molecule has 4 aliphatic heterocycles. The Balaban J connectivity index is 1.37. The number of hydrogen-bond acceptors (Lipinski definition) is 9. The summed E-state index contributed by atoms with van der Waals surface area (Å²) in [4.78, 5) is 84.3. The largest absolute Gasteiger partial charge is 0.277 e. The molecule has 12 nitrogen and oxygen atoms in total. The lowest BCUT2D eigenvalue weighted by atomic mass is 10.1. The summed E-state index contributed by atoms with van der Waals surface area (Å²) >= 11 is 0. The summed E-state index contributed by atoms with van der Waals surface area (Å²) in [6, 6.07) is 18.8. The van der Waals surface area contributed by atoms with Gasteiger partial charge in [0.15, 0.2) is 0 Å². The average molecular weight is 576 g/mol. The zero-order valence-corrected chi connectivity index (χ0v) is 22.5. The molecule has 0 aromatic heterocycles. The van der Waals surface area contributed by atoms with Crippen molar-refractivity contribution in [3.63, 3.8) is 0 Å². The van der Waals surface area contributed by atoms with Crippen LogP contribution in [-0.4, -0.2) is 59.2 Å². The molecule has 15 heteroatoms. The molecule has 1 N–H and O–H groups in total. The first-order valence-electron chi connectivity index (χ1n) is 11.5. The highest BCUT2D eigenvalue weighted by Crippen LogP contribution is 2.65. The van der Waals surface area contributed by atoms with E-state index in [0.717, 1.165) is 14.7 Å². The van der Waals surface area contributed by atoms with E-state index in [2.05, 4.69) is 4.86 Å². The molecule has 4 heterocycles. The molecule has 192 valence electrons. The molecule has 3 aromatic carbocycles. The second-order valence-electron chi connectivity index (χ2n) is 8.60. The predicted molar refractivity (Wildman–Crippen MR) is 141 cm³/mol. The van der Waals surface area contributed by atoms with Crippen molar-refractivity contribution in [2.75, 3.05) is 0 Å². The number of hydrogen-bond donors (Lipinski definition) is 1. The first kappa shape index (κ1) is 24.3. The van der Waals surface area contributed by atoms with Crippen LogP contribution in [-0.2, 0) is 0 Å². The van der Waals surface area contributed by atoms with Gasteiger partial charge in [0.05, 0.1) is 51.1 Å². The number of hydrazine groups is 2. The first-order chi connectivity index (χ1) is 18.9. The number of carbonyl (C=O) groups is 6. The number of carbonyl (C=O) groups excluding carboxylic acids is 6. The second kappa shape index (κ2) is 8.89. The number of nitrogens with zero attached hydrogens (tertiary/aromatic N) is 5. The van der Waals surface area contributed by atoms with Crippen molar-refractivity contribution in [2.45, 2.75) is 0 Å². The monoisotopic (exact) mass is 576 g/mol. The van der Waals surface area contributed by atoms with Gasteiger partial charge in [-0.25, -0.2) is 4.67 Å². The topological polar surface area (TPSA) is 131 Å². The van der Waals surface area contributed by atoms with Crippen LogP contribution in [0.3, 0.4) is 0 Å². The molecule has 2 unspecified atom stereocenters. The quantitative estimate of drug-likeness (QED) is 0.369. The lowest BCUT2D eigenvalue weighted by Crippen LogP contribution is -2.52. The summed E-state index contributed by atoms with van der Waals surface area (Å²) in [6.45, 7) is 0. The van der Waals surface area contributed by atoms with Gasteiger partial charge in [-0.3, -0.25) is 33.6 Å². The number of benzene rings is 3. The number of rotatable bonds is 3. The van der Waals surface area contributed by atoms with Gasteiger partial charge >= 0.3 is 0 Å². The summed E-state index contributed by atoms with van der Waals surface area (Å²) in [5, 5.41) is 1.78. The Labute approximate surface area is 225 Å². The predicted octanol–water partition coefficient (Wildman–Crippen LogP) is 3.16. The normalized spacial score (nSPS) is 22.5. The standard InChI is InChI=1S/C24H15N6O6P3/c31-19-13-7-1-2-8-14(13)20(32)26(19)29-37-25-38-30(27-21(33)15-9-3-4-10-16(15)22(27)34)39(29)28-23(35)17-11-5-6-12-18(17)24(28)36/h1-12,25,37-38H. The Morgan fingerprint density at radius 3 is 1.05 bits per heavy atom. The van der Waals surface area contributed by atoms with Crippen LogP contribution in [0, 0.1) is 0 Å². The van der Waals surface area contributed by atoms with Crippen molar-refractivity contribution in [2.24, 2.45) is 0 Å². The van der Waals surface area contributed by atoms with E-state index >= 15 is 0 Å². The summed E-state index contributed by atoms with van der Waals surface area (Å²) in [5.41, 5.74) is 0.990. The third kappa shape index (κ3) is 3.34. The molecule has 3 aromatic rings. The highest BCUT2D eigenvalue weighted by atomic mass is 31.2. The van der Waals surface area contributed by atoms with Gasteiger partial charge in [-0.1, -0.05) is 36.4 Å². The third-order valence-electron chi connectivity index (χ3n) is 6.53. The molecule has 0 aliphatic carbocycles. The molecule has 2 atom stereocenters.